The molecular weight excluding hydrogens is 414 g/mol. The first-order chi connectivity index (χ1) is 14.0. The number of aromatic amines is 1. The fourth-order valence-electron chi connectivity index (χ4n) is 2.76. The minimum absolute atomic E-state index is 0.0247. The number of anilines is 1. The van der Waals surface area contributed by atoms with E-state index in [9.17, 15) is 9.59 Å². The Labute approximate surface area is 175 Å². The van der Waals surface area contributed by atoms with Crippen LogP contribution in [0.25, 0.3) is 0 Å². The maximum absolute atomic E-state index is 12.4. The highest BCUT2D eigenvalue weighted by Crippen LogP contribution is 2.34. The standard InChI is InChI=1S/C20H16ClN3O4S/c21-13-3-1-2-12(6-13)10-29-20-23-15(9-19(26)24-20)8-18(25)22-14-4-5-16-17(7-14)28-11-27-16/h1-7,9H,8,10-11H2,(H,22,25)(H,23,24,26). The summed E-state index contributed by atoms with van der Waals surface area (Å²) in [5.74, 6) is 1.53. The number of aromatic nitrogens is 2. The van der Waals surface area contributed by atoms with E-state index in [1.165, 1.54) is 17.8 Å². The predicted octanol–water partition coefficient (Wildman–Crippen LogP) is 3.63. The van der Waals surface area contributed by atoms with E-state index in [-0.39, 0.29) is 24.7 Å². The molecule has 0 unspecified atom stereocenters. The molecule has 0 aliphatic carbocycles. The number of ether oxygens (including phenoxy) is 2. The highest BCUT2D eigenvalue weighted by atomic mass is 35.5. The van der Waals surface area contributed by atoms with Crippen LogP contribution < -0.4 is 20.3 Å². The Bertz CT molecular complexity index is 1120. The molecule has 0 saturated carbocycles. The van der Waals surface area contributed by atoms with Crippen molar-refractivity contribution in [1.82, 2.24) is 9.97 Å². The van der Waals surface area contributed by atoms with Crippen LogP contribution in [-0.4, -0.2) is 22.7 Å². The van der Waals surface area contributed by atoms with Crippen LogP contribution in [0, 0.1) is 0 Å². The van der Waals surface area contributed by atoms with Crippen molar-refractivity contribution in [3.63, 3.8) is 0 Å². The molecule has 2 heterocycles. The number of thioether (sulfide) groups is 1. The van der Waals surface area contributed by atoms with Crippen molar-refractivity contribution in [2.75, 3.05) is 12.1 Å². The number of carbonyl (C=O) groups excluding carboxylic acids is 1. The smallest absolute Gasteiger partial charge is 0.251 e. The van der Waals surface area contributed by atoms with Gasteiger partial charge in [0.1, 0.15) is 0 Å². The highest BCUT2D eigenvalue weighted by Gasteiger charge is 2.15. The van der Waals surface area contributed by atoms with Crippen LogP contribution in [0.1, 0.15) is 11.3 Å². The van der Waals surface area contributed by atoms with Crippen molar-refractivity contribution in [1.29, 1.82) is 0 Å². The van der Waals surface area contributed by atoms with Crippen molar-refractivity contribution < 1.29 is 14.3 Å². The molecule has 0 fully saturated rings. The fourth-order valence-corrected chi connectivity index (χ4v) is 3.82. The second kappa shape index (κ2) is 8.59. The van der Waals surface area contributed by atoms with Gasteiger partial charge in [0.25, 0.3) is 5.56 Å². The Balaban J connectivity index is 1.40. The summed E-state index contributed by atoms with van der Waals surface area (Å²) in [6.07, 6.45) is -0.0247. The van der Waals surface area contributed by atoms with Gasteiger partial charge < -0.3 is 19.8 Å². The normalized spacial score (nSPS) is 12.0. The molecule has 3 aromatic rings. The number of halogens is 1. The molecule has 1 aliphatic rings. The van der Waals surface area contributed by atoms with Crippen molar-refractivity contribution >= 4 is 35.0 Å². The second-order valence-electron chi connectivity index (χ2n) is 6.25. The molecule has 1 aromatic heterocycles. The van der Waals surface area contributed by atoms with Crippen LogP contribution >= 0.6 is 23.4 Å². The first-order valence-corrected chi connectivity index (χ1v) is 10.1. The third-order valence-electron chi connectivity index (χ3n) is 4.04. The van der Waals surface area contributed by atoms with E-state index in [0.717, 1.165) is 5.56 Å². The van der Waals surface area contributed by atoms with Crippen molar-refractivity contribution in [3.05, 3.63) is 75.2 Å². The molecule has 0 atom stereocenters. The molecule has 0 spiro atoms. The zero-order valence-electron chi connectivity index (χ0n) is 15.1. The van der Waals surface area contributed by atoms with Gasteiger partial charge in [0.15, 0.2) is 16.7 Å². The van der Waals surface area contributed by atoms with Crippen LogP contribution in [-0.2, 0) is 17.0 Å². The van der Waals surface area contributed by atoms with Crippen LogP contribution in [0.5, 0.6) is 11.5 Å². The number of rotatable bonds is 6. The van der Waals surface area contributed by atoms with E-state index in [0.29, 0.717) is 38.8 Å². The van der Waals surface area contributed by atoms with Crippen molar-refractivity contribution in [2.45, 2.75) is 17.3 Å². The van der Waals surface area contributed by atoms with Gasteiger partial charge in [0, 0.05) is 28.6 Å². The first kappa shape index (κ1) is 19.4. The lowest BCUT2D eigenvalue weighted by atomic mass is 10.2. The zero-order chi connectivity index (χ0) is 20.2. The largest absolute Gasteiger partial charge is 0.454 e. The summed E-state index contributed by atoms with van der Waals surface area (Å²) in [4.78, 5) is 31.4. The summed E-state index contributed by atoms with van der Waals surface area (Å²) in [6, 6.07) is 13.9. The fraction of sp³-hybridized carbons (Fsp3) is 0.150. The lowest BCUT2D eigenvalue weighted by Crippen LogP contribution is -2.18. The molecule has 7 nitrogen and oxygen atoms in total. The Hall–Kier alpha value is -2.97. The number of H-pyrrole nitrogens is 1. The Kier molecular flexibility index (Phi) is 5.73. The van der Waals surface area contributed by atoms with Gasteiger partial charge in [-0.3, -0.25) is 9.59 Å². The summed E-state index contributed by atoms with van der Waals surface area (Å²) >= 11 is 7.36. The molecule has 2 aromatic carbocycles. The molecular formula is C20H16ClN3O4S. The summed E-state index contributed by atoms with van der Waals surface area (Å²) in [5.41, 5.74) is 1.68. The average molecular weight is 430 g/mol. The van der Waals surface area contributed by atoms with Crippen LogP contribution in [0.4, 0.5) is 5.69 Å². The quantitative estimate of drug-likeness (QED) is 0.459. The summed E-state index contributed by atoms with van der Waals surface area (Å²) in [5, 5.41) is 3.87. The van der Waals surface area contributed by atoms with Crippen LogP contribution in [0.3, 0.4) is 0 Å². The molecule has 0 saturated heterocycles. The molecule has 9 heteroatoms. The highest BCUT2D eigenvalue weighted by molar-refractivity contribution is 7.98. The summed E-state index contributed by atoms with van der Waals surface area (Å²) in [7, 11) is 0. The van der Waals surface area contributed by atoms with Gasteiger partial charge in [-0.25, -0.2) is 4.98 Å². The number of fused-ring (bicyclic) bond motifs is 1. The van der Waals surface area contributed by atoms with Crippen molar-refractivity contribution in [3.8, 4) is 11.5 Å². The van der Waals surface area contributed by atoms with E-state index in [1.807, 2.05) is 18.2 Å². The van der Waals surface area contributed by atoms with Gasteiger partial charge in [-0.15, -0.1) is 0 Å². The molecule has 4 rings (SSSR count). The molecule has 1 amide bonds. The summed E-state index contributed by atoms with van der Waals surface area (Å²) < 4.78 is 10.5. The van der Waals surface area contributed by atoms with E-state index in [2.05, 4.69) is 15.3 Å². The maximum atomic E-state index is 12.4. The number of hydrogen-bond donors (Lipinski definition) is 2. The zero-order valence-corrected chi connectivity index (χ0v) is 16.7. The SMILES string of the molecule is O=C(Cc1cc(=O)[nH]c(SCc2cccc(Cl)c2)n1)Nc1ccc2c(c1)OCO2. The molecule has 0 radical (unpaired) electrons. The van der Waals surface area contributed by atoms with Gasteiger partial charge in [-0.05, 0) is 29.8 Å². The van der Waals surface area contributed by atoms with E-state index in [1.54, 1.807) is 24.3 Å². The maximum Gasteiger partial charge on any atom is 0.251 e. The predicted molar refractivity (Wildman–Crippen MR) is 111 cm³/mol. The first-order valence-electron chi connectivity index (χ1n) is 8.72. The molecule has 148 valence electrons. The molecule has 0 bridgehead atoms. The number of nitrogens with zero attached hydrogens (tertiary/aromatic N) is 1. The number of hydrogen-bond acceptors (Lipinski definition) is 6. The summed E-state index contributed by atoms with van der Waals surface area (Å²) in [6.45, 7) is 0.166. The minimum atomic E-state index is -0.306. The Morgan fingerprint density at radius 2 is 2.03 bits per heavy atom. The third kappa shape index (κ3) is 5.10. The van der Waals surface area contributed by atoms with E-state index in [4.69, 9.17) is 21.1 Å². The number of carbonyl (C=O) groups is 1. The minimum Gasteiger partial charge on any atom is -0.454 e. The number of amides is 1. The molecule has 29 heavy (non-hydrogen) atoms. The van der Waals surface area contributed by atoms with E-state index >= 15 is 0 Å². The van der Waals surface area contributed by atoms with Gasteiger partial charge >= 0.3 is 0 Å². The average Bonchev–Trinajstić information content (AvgIpc) is 3.14. The third-order valence-corrected chi connectivity index (χ3v) is 5.22. The van der Waals surface area contributed by atoms with Gasteiger partial charge in [0.05, 0.1) is 12.1 Å². The lowest BCUT2D eigenvalue weighted by Gasteiger charge is -2.07. The van der Waals surface area contributed by atoms with Crippen LogP contribution in [0.15, 0.2) is 58.5 Å². The number of nitrogens with one attached hydrogen (secondary N) is 2. The molecule has 2 N–H and O–H groups in total. The van der Waals surface area contributed by atoms with Crippen molar-refractivity contribution in [2.24, 2.45) is 0 Å². The van der Waals surface area contributed by atoms with E-state index < -0.39 is 0 Å². The molecule has 1 aliphatic heterocycles. The van der Waals surface area contributed by atoms with Gasteiger partial charge in [0.2, 0.25) is 12.7 Å². The van der Waals surface area contributed by atoms with Gasteiger partial charge in [-0.2, -0.15) is 0 Å². The number of benzene rings is 2. The topological polar surface area (TPSA) is 93.3 Å². The lowest BCUT2D eigenvalue weighted by molar-refractivity contribution is -0.115. The van der Waals surface area contributed by atoms with Crippen LogP contribution in [0.2, 0.25) is 5.02 Å². The van der Waals surface area contributed by atoms with Gasteiger partial charge in [-0.1, -0.05) is 35.5 Å². The Morgan fingerprint density at radius 3 is 2.90 bits per heavy atom. The second-order valence-corrected chi connectivity index (χ2v) is 7.65. The monoisotopic (exact) mass is 429 g/mol. The Morgan fingerprint density at radius 1 is 1.17 bits per heavy atom.